The molecule has 0 heterocycles. The molecule has 0 spiro atoms. The molecule has 0 amide bonds. The first kappa shape index (κ1) is 11.9. The van der Waals surface area contributed by atoms with Gasteiger partial charge < -0.3 is 10.6 Å². The lowest BCUT2D eigenvalue weighted by atomic mass is 10.2. The van der Waals surface area contributed by atoms with Gasteiger partial charge in [0.05, 0.1) is 0 Å². The van der Waals surface area contributed by atoms with E-state index in [2.05, 4.69) is 38.3 Å². The number of hydrogen-bond acceptors (Lipinski definition) is 2. The van der Waals surface area contributed by atoms with E-state index in [1.165, 1.54) is 12.8 Å². The summed E-state index contributed by atoms with van der Waals surface area (Å²) in [7, 11) is 0. The fourth-order valence-electron chi connectivity index (χ4n) is 0.926. The van der Waals surface area contributed by atoms with E-state index in [-0.39, 0.29) is 0 Å². The third kappa shape index (κ3) is 6.62. The maximum atomic E-state index is 3.45. The van der Waals surface area contributed by atoms with Crippen LogP contribution in [0.25, 0.3) is 0 Å². The van der Waals surface area contributed by atoms with E-state index in [0.29, 0.717) is 12.1 Å². The second-order valence-electron chi connectivity index (χ2n) is 3.53. The van der Waals surface area contributed by atoms with Crippen molar-refractivity contribution in [1.29, 1.82) is 0 Å². The fourth-order valence-corrected chi connectivity index (χ4v) is 0.926. The van der Waals surface area contributed by atoms with E-state index in [4.69, 9.17) is 0 Å². The predicted molar refractivity (Wildman–Crippen MR) is 55.5 cm³/mol. The van der Waals surface area contributed by atoms with E-state index >= 15 is 0 Å². The summed E-state index contributed by atoms with van der Waals surface area (Å²) in [5.41, 5.74) is 0. The van der Waals surface area contributed by atoms with Gasteiger partial charge in [-0.2, -0.15) is 0 Å². The van der Waals surface area contributed by atoms with Crippen LogP contribution < -0.4 is 10.6 Å². The van der Waals surface area contributed by atoms with Gasteiger partial charge >= 0.3 is 0 Å². The number of nitrogens with one attached hydrogen (secondary N) is 2. The second kappa shape index (κ2) is 7.56. The molecule has 0 aliphatic carbocycles. The minimum Gasteiger partial charge on any atom is -0.313 e. The molecule has 2 N–H and O–H groups in total. The van der Waals surface area contributed by atoms with Crippen LogP contribution in [-0.4, -0.2) is 25.2 Å². The van der Waals surface area contributed by atoms with E-state index < -0.39 is 0 Å². The lowest BCUT2D eigenvalue weighted by Crippen LogP contribution is -2.36. The predicted octanol–water partition coefficient (Wildman–Crippen LogP) is 1.76. The number of rotatable bonds is 7. The highest BCUT2D eigenvalue weighted by Gasteiger charge is 1.97. The Hall–Kier alpha value is -0.0800. The van der Waals surface area contributed by atoms with Crippen molar-refractivity contribution in [1.82, 2.24) is 10.6 Å². The Kier molecular flexibility index (Phi) is 7.51. The van der Waals surface area contributed by atoms with Gasteiger partial charge in [0.15, 0.2) is 0 Å². The van der Waals surface area contributed by atoms with Crippen molar-refractivity contribution in [3.63, 3.8) is 0 Å². The van der Waals surface area contributed by atoms with Gasteiger partial charge in [-0.15, -0.1) is 0 Å². The Morgan fingerprint density at radius 2 is 1.17 bits per heavy atom. The zero-order valence-corrected chi connectivity index (χ0v) is 8.98. The molecule has 12 heavy (non-hydrogen) atoms. The van der Waals surface area contributed by atoms with Gasteiger partial charge in [-0.1, -0.05) is 13.8 Å². The Labute approximate surface area is 77.1 Å². The van der Waals surface area contributed by atoms with Crippen molar-refractivity contribution in [2.24, 2.45) is 0 Å². The van der Waals surface area contributed by atoms with Crippen LogP contribution in [0.15, 0.2) is 0 Å². The minimum atomic E-state index is 0.656. The SMILES string of the molecule is CCC(C)NCCNC(C)CC. The number of hydrogen-bond donors (Lipinski definition) is 2. The van der Waals surface area contributed by atoms with Crippen molar-refractivity contribution in [2.75, 3.05) is 13.1 Å². The lowest BCUT2D eigenvalue weighted by molar-refractivity contribution is 0.481. The smallest absolute Gasteiger partial charge is 0.00793 e. The topological polar surface area (TPSA) is 24.1 Å². The van der Waals surface area contributed by atoms with Crippen LogP contribution in [0.3, 0.4) is 0 Å². The zero-order chi connectivity index (χ0) is 9.40. The normalized spacial score (nSPS) is 16.0. The van der Waals surface area contributed by atoms with Crippen LogP contribution >= 0.6 is 0 Å². The summed E-state index contributed by atoms with van der Waals surface area (Å²) in [5.74, 6) is 0. The lowest BCUT2D eigenvalue weighted by Gasteiger charge is -2.14. The van der Waals surface area contributed by atoms with Crippen molar-refractivity contribution in [2.45, 2.75) is 52.6 Å². The quantitative estimate of drug-likeness (QED) is 0.572. The molecule has 0 aromatic rings. The molecule has 0 saturated heterocycles. The molecule has 0 fully saturated rings. The van der Waals surface area contributed by atoms with Gasteiger partial charge in [0, 0.05) is 25.2 Å². The zero-order valence-electron chi connectivity index (χ0n) is 8.98. The summed E-state index contributed by atoms with van der Waals surface area (Å²) in [6, 6.07) is 1.31. The van der Waals surface area contributed by atoms with Crippen LogP contribution in [0.4, 0.5) is 0 Å². The van der Waals surface area contributed by atoms with Crippen LogP contribution in [-0.2, 0) is 0 Å². The van der Waals surface area contributed by atoms with Crippen LogP contribution in [0, 0.1) is 0 Å². The largest absolute Gasteiger partial charge is 0.313 e. The Balaban J connectivity index is 3.10. The summed E-state index contributed by atoms with van der Waals surface area (Å²) < 4.78 is 0. The standard InChI is InChI=1S/C10H24N2/c1-5-9(3)11-7-8-12-10(4)6-2/h9-12H,5-8H2,1-4H3. The van der Waals surface area contributed by atoms with Crippen LogP contribution in [0.2, 0.25) is 0 Å². The summed E-state index contributed by atoms with van der Waals surface area (Å²) in [5, 5.41) is 6.90. The fraction of sp³-hybridized carbons (Fsp3) is 1.00. The van der Waals surface area contributed by atoms with E-state index in [9.17, 15) is 0 Å². The van der Waals surface area contributed by atoms with Crippen LogP contribution in [0.5, 0.6) is 0 Å². The van der Waals surface area contributed by atoms with Gasteiger partial charge in [0.1, 0.15) is 0 Å². The molecule has 74 valence electrons. The van der Waals surface area contributed by atoms with Gasteiger partial charge in [0.25, 0.3) is 0 Å². The summed E-state index contributed by atoms with van der Waals surface area (Å²) >= 11 is 0. The third-order valence-corrected chi connectivity index (χ3v) is 2.34. The average Bonchev–Trinajstić information content (AvgIpc) is 2.11. The molecule has 0 rings (SSSR count). The van der Waals surface area contributed by atoms with E-state index in [1.54, 1.807) is 0 Å². The molecular formula is C10H24N2. The average molecular weight is 172 g/mol. The van der Waals surface area contributed by atoms with Crippen molar-refractivity contribution < 1.29 is 0 Å². The van der Waals surface area contributed by atoms with Gasteiger partial charge in [0.2, 0.25) is 0 Å². The summed E-state index contributed by atoms with van der Waals surface area (Å²) in [6.45, 7) is 11.0. The molecule has 0 bridgehead atoms. The van der Waals surface area contributed by atoms with Crippen molar-refractivity contribution in [3.8, 4) is 0 Å². The Morgan fingerprint density at radius 1 is 0.833 bits per heavy atom. The Morgan fingerprint density at radius 3 is 1.42 bits per heavy atom. The molecule has 0 aliphatic heterocycles. The molecule has 0 aliphatic rings. The molecule has 2 nitrogen and oxygen atoms in total. The monoisotopic (exact) mass is 172 g/mol. The molecule has 2 atom stereocenters. The first-order valence-electron chi connectivity index (χ1n) is 5.17. The van der Waals surface area contributed by atoms with Crippen LogP contribution in [0.1, 0.15) is 40.5 Å². The third-order valence-electron chi connectivity index (χ3n) is 2.34. The maximum absolute atomic E-state index is 3.45. The summed E-state index contributed by atoms with van der Waals surface area (Å²) in [6.07, 6.45) is 2.42. The molecule has 0 radical (unpaired) electrons. The molecule has 0 aromatic carbocycles. The van der Waals surface area contributed by atoms with Gasteiger partial charge in [-0.05, 0) is 26.7 Å². The molecular weight excluding hydrogens is 148 g/mol. The van der Waals surface area contributed by atoms with Gasteiger partial charge in [-0.3, -0.25) is 0 Å². The maximum Gasteiger partial charge on any atom is 0.00793 e. The van der Waals surface area contributed by atoms with Crippen molar-refractivity contribution >= 4 is 0 Å². The highest BCUT2D eigenvalue weighted by Crippen LogP contribution is 1.87. The molecule has 2 unspecified atom stereocenters. The molecule has 0 aromatic heterocycles. The highest BCUT2D eigenvalue weighted by molar-refractivity contribution is 4.62. The van der Waals surface area contributed by atoms with Crippen molar-refractivity contribution in [3.05, 3.63) is 0 Å². The molecule has 0 saturated carbocycles. The van der Waals surface area contributed by atoms with Gasteiger partial charge in [-0.25, -0.2) is 0 Å². The first-order chi connectivity index (χ1) is 5.70. The Bertz CT molecular complexity index is 81.8. The minimum absolute atomic E-state index is 0.656. The highest BCUT2D eigenvalue weighted by atomic mass is 15.0. The first-order valence-corrected chi connectivity index (χ1v) is 5.17. The molecule has 2 heteroatoms. The van der Waals surface area contributed by atoms with E-state index in [1.807, 2.05) is 0 Å². The summed E-state index contributed by atoms with van der Waals surface area (Å²) in [4.78, 5) is 0. The second-order valence-corrected chi connectivity index (χ2v) is 3.53. The van der Waals surface area contributed by atoms with E-state index in [0.717, 1.165) is 13.1 Å².